The highest BCUT2D eigenvalue weighted by molar-refractivity contribution is 5.85. The van der Waals surface area contributed by atoms with Gasteiger partial charge in [0.05, 0.1) is 6.61 Å². The summed E-state index contributed by atoms with van der Waals surface area (Å²) in [6.07, 6.45) is 1.59. The normalized spacial score (nSPS) is 17.9. The van der Waals surface area contributed by atoms with Crippen LogP contribution in [0.2, 0.25) is 0 Å². The number of nitrogens with zero attached hydrogens (tertiary/aromatic N) is 2. The van der Waals surface area contributed by atoms with Crippen molar-refractivity contribution in [2.45, 2.75) is 32.1 Å². The van der Waals surface area contributed by atoms with Crippen molar-refractivity contribution in [2.24, 2.45) is 0 Å². The van der Waals surface area contributed by atoms with E-state index in [1.807, 2.05) is 6.92 Å². The summed E-state index contributed by atoms with van der Waals surface area (Å²) >= 11 is 0. The topological polar surface area (TPSA) is 67.9 Å². The zero-order chi connectivity index (χ0) is 10.2. The SMILES string of the molecule is CCOC(=O)C1(c2n[nH]c(C)n2)CC1. The maximum Gasteiger partial charge on any atom is 0.319 e. The zero-order valence-electron chi connectivity index (χ0n) is 8.33. The number of carbonyl (C=O) groups is 1. The predicted molar refractivity (Wildman–Crippen MR) is 48.7 cm³/mol. The average Bonchev–Trinajstić information content (AvgIpc) is 2.85. The van der Waals surface area contributed by atoms with Crippen LogP contribution >= 0.6 is 0 Å². The summed E-state index contributed by atoms with van der Waals surface area (Å²) < 4.78 is 5.00. The number of rotatable bonds is 3. The van der Waals surface area contributed by atoms with Crippen LogP contribution in [0.5, 0.6) is 0 Å². The molecule has 1 saturated carbocycles. The Morgan fingerprint density at radius 3 is 2.79 bits per heavy atom. The fourth-order valence-corrected chi connectivity index (χ4v) is 1.47. The van der Waals surface area contributed by atoms with E-state index in [1.165, 1.54) is 0 Å². The molecule has 0 unspecified atom stereocenters. The summed E-state index contributed by atoms with van der Waals surface area (Å²) in [7, 11) is 0. The van der Waals surface area contributed by atoms with Crippen LogP contribution in [-0.4, -0.2) is 27.8 Å². The summed E-state index contributed by atoms with van der Waals surface area (Å²) in [5, 5.41) is 6.76. The smallest absolute Gasteiger partial charge is 0.319 e. The van der Waals surface area contributed by atoms with Crippen molar-refractivity contribution < 1.29 is 9.53 Å². The van der Waals surface area contributed by atoms with Crippen LogP contribution in [0.4, 0.5) is 0 Å². The van der Waals surface area contributed by atoms with Crippen molar-refractivity contribution >= 4 is 5.97 Å². The van der Waals surface area contributed by atoms with Crippen LogP contribution in [0, 0.1) is 6.92 Å². The lowest BCUT2D eigenvalue weighted by Gasteiger charge is -2.08. The Balaban J connectivity index is 2.21. The average molecular weight is 195 g/mol. The van der Waals surface area contributed by atoms with Gasteiger partial charge in [-0.25, -0.2) is 4.98 Å². The van der Waals surface area contributed by atoms with Crippen molar-refractivity contribution in [2.75, 3.05) is 6.61 Å². The quantitative estimate of drug-likeness (QED) is 0.721. The molecule has 5 heteroatoms. The molecule has 1 fully saturated rings. The first-order chi connectivity index (χ1) is 6.69. The third kappa shape index (κ3) is 1.29. The highest BCUT2D eigenvalue weighted by Gasteiger charge is 2.56. The van der Waals surface area contributed by atoms with Crippen LogP contribution in [0.3, 0.4) is 0 Å². The van der Waals surface area contributed by atoms with Crippen LogP contribution in [0.15, 0.2) is 0 Å². The molecule has 0 spiro atoms. The maximum absolute atomic E-state index is 11.6. The number of carbonyl (C=O) groups excluding carboxylic acids is 1. The molecule has 1 aromatic rings. The van der Waals surface area contributed by atoms with Crippen LogP contribution < -0.4 is 0 Å². The number of aryl methyl sites for hydroxylation is 1. The summed E-state index contributed by atoms with van der Waals surface area (Å²) in [6, 6.07) is 0. The second-order valence-corrected chi connectivity index (χ2v) is 3.55. The Morgan fingerprint density at radius 1 is 1.64 bits per heavy atom. The zero-order valence-corrected chi connectivity index (χ0v) is 8.33. The molecular formula is C9H13N3O2. The third-order valence-corrected chi connectivity index (χ3v) is 2.44. The van der Waals surface area contributed by atoms with Crippen LogP contribution in [-0.2, 0) is 14.9 Å². The molecule has 0 aromatic carbocycles. The van der Waals surface area contributed by atoms with E-state index in [0.29, 0.717) is 12.4 Å². The molecule has 0 atom stereocenters. The second kappa shape index (κ2) is 3.08. The molecule has 14 heavy (non-hydrogen) atoms. The number of esters is 1. The number of hydrogen-bond acceptors (Lipinski definition) is 4. The number of nitrogens with one attached hydrogen (secondary N) is 1. The minimum absolute atomic E-state index is 0.195. The van der Waals surface area contributed by atoms with Gasteiger partial charge < -0.3 is 4.74 Å². The molecule has 2 rings (SSSR count). The van der Waals surface area contributed by atoms with Gasteiger partial charge in [-0.3, -0.25) is 9.89 Å². The van der Waals surface area contributed by atoms with Crippen LogP contribution in [0.25, 0.3) is 0 Å². The Bertz CT molecular complexity index is 355. The van der Waals surface area contributed by atoms with Gasteiger partial charge in [-0.1, -0.05) is 0 Å². The first kappa shape index (κ1) is 9.18. The lowest BCUT2D eigenvalue weighted by Crippen LogP contribution is -2.24. The molecule has 1 heterocycles. The van der Waals surface area contributed by atoms with E-state index in [0.717, 1.165) is 18.7 Å². The Kier molecular flexibility index (Phi) is 2.02. The van der Waals surface area contributed by atoms with Crippen molar-refractivity contribution in [1.29, 1.82) is 0 Å². The monoisotopic (exact) mass is 195 g/mol. The molecule has 0 bridgehead atoms. The highest BCUT2D eigenvalue weighted by Crippen LogP contribution is 2.47. The van der Waals surface area contributed by atoms with E-state index in [-0.39, 0.29) is 5.97 Å². The molecule has 1 aromatic heterocycles. The van der Waals surface area contributed by atoms with Crippen molar-refractivity contribution in [1.82, 2.24) is 15.2 Å². The fraction of sp³-hybridized carbons (Fsp3) is 0.667. The van der Waals surface area contributed by atoms with E-state index >= 15 is 0 Å². The molecule has 5 nitrogen and oxygen atoms in total. The predicted octanol–water partition coefficient (Wildman–Crippen LogP) is 0.708. The van der Waals surface area contributed by atoms with Crippen molar-refractivity contribution in [3.8, 4) is 0 Å². The van der Waals surface area contributed by atoms with Crippen molar-refractivity contribution in [3.05, 3.63) is 11.6 Å². The number of H-pyrrole nitrogens is 1. The van der Waals surface area contributed by atoms with Gasteiger partial charge in [0, 0.05) is 0 Å². The van der Waals surface area contributed by atoms with Crippen molar-refractivity contribution in [3.63, 3.8) is 0 Å². The molecule has 1 N–H and O–H groups in total. The molecule has 0 amide bonds. The molecular weight excluding hydrogens is 182 g/mol. The Morgan fingerprint density at radius 2 is 2.36 bits per heavy atom. The molecule has 1 aliphatic carbocycles. The van der Waals surface area contributed by atoms with Gasteiger partial charge in [0.25, 0.3) is 0 Å². The van der Waals surface area contributed by atoms with E-state index in [1.54, 1.807) is 6.92 Å². The largest absolute Gasteiger partial charge is 0.465 e. The summed E-state index contributed by atoms with van der Waals surface area (Å²) in [5.41, 5.74) is -0.541. The van der Waals surface area contributed by atoms with Crippen LogP contribution in [0.1, 0.15) is 31.4 Å². The summed E-state index contributed by atoms with van der Waals surface area (Å²) in [6.45, 7) is 4.03. The lowest BCUT2D eigenvalue weighted by atomic mass is 10.1. The second-order valence-electron chi connectivity index (χ2n) is 3.55. The summed E-state index contributed by atoms with van der Waals surface area (Å²) in [5.74, 6) is 1.11. The van der Waals surface area contributed by atoms with Gasteiger partial charge in [-0.2, -0.15) is 5.10 Å². The third-order valence-electron chi connectivity index (χ3n) is 2.44. The molecule has 76 valence electrons. The number of ether oxygens (including phenoxy) is 1. The lowest BCUT2D eigenvalue weighted by molar-refractivity contribution is -0.146. The van der Waals surface area contributed by atoms with E-state index in [9.17, 15) is 4.79 Å². The van der Waals surface area contributed by atoms with Gasteiger partial charge >= 0.3 is 5.97 Å². The first-order valence-corrected chi connectivity index (χ1v) is 4.76. The van der Waals surface area contributed by atoms with E-state index in [4.69, 9.17) is 4.74 Å². The Labute approximate surface area is 81.9 Å². The molecule has 1 aliphatic rings. The highest BCUT2D eigenvalue weighted by atomic mass is 16.5. The van der Waals surface area contributed by atoms with E-state index in [2.05, 4.69) is 15.2 Å². The minimum atomic E-state index is -0.541. The standard InChI is InChI=1S/C9H13N3O2/c1-3-14-8(13)9(4-5-9)7-10-6(2)11-12-7/h3-5H2,1-2H3,(H,10,11,12). The number of hydrogen-bond donors (Lipinski definition) is 1. The fourth-order valence-electron chi connectivity index (χ4n) is 1.47. The van der Waals surface area contributed by atoms with Gasteiger partial charge in [0.1, 0.15) is 11.2 Å². The minimum Gasteiger partial charge on any atom is -0.465 e. The van der Waals surface area contributed by atoms with Gasteiger partial charge in [-0.15, -0.1) is 0 Å². The maximum atomic E-state index is 11.6. The Hall–Kier alpha value is -1.39. The van der Waals surface area contributed by atoms with Gasteiger partial charge in [0.2, 0.25) is 0 Å². The molecule has 0 saturated heterocycles. The van der Waals surface area contributed by atoms with Gasteiger partial charge in [-0.05, 0) is 26.7 Å². The molecule has 0 aliphatic heterocycles. The first-order valence-electron chi connectivity index (χ1n) is 4.76. The summed E-state index contributed by atoms with van der Waals surface area (Å²) in [4.78, 5) is 15.8. The molecule has 0 radical (unpaired) electrons. The van der Waals surface area contributed by atoms with Gasteiger partial charge in [0.15, 0.2) is 5.82 Å². The number of aromatic amines is 1. The van der Waals surface area contributed by atoms with E-state index < -0.39 is 5.41 Å². The number of aromatic nitrogens is 3.